The Labute approximate surface area is 118 Å². The highest BCUT2D eigenvalue weighted by Gasteiger charge is 2.38. The van der Waals surface area contributed by atoms with Gasteiger partial charge < -0.3 is 10.5 Å². The lowest BCUT2D eigenvalue weighted by atomic mass is 10.2. The van der Waals surface area contributed by atoms with Crippen molar-refractivity contribution < 1.29 is 13.2 Å². The monoisotopic (exact) mass is 295 g/mol. The number of benzene rings is 1. The van der Waals surface area contributed by atoms with Crippen LogP contribution in [-0.2, 0) is 14.8 Å². The summed E-state index contributed by atoms with van der Waals surface area (Å²) >= 11 is 0. The predicted molar refractivity (Wildman–Crippen MR) is 74.4 cm³/mol. The van der Waals surface area contributed by atoms with Gasteiger partial charge in [-0.1, -0.05) is 0 Å². The molecule has 1 saturated carbocycles. The molecule has 2 N–H and O–H groups in total. The Balaban J connectivity index is 2.35. The Kier molecular flexibility index (Phi) is 4.28. The molecular formula is C13H17N3O3S. The van der Waals surface area contributed by atoms with E-state index in [4.69, 9.17) is 15.7 Å². The van der Waals surface area contributed by atoms with Crippen molar-refractivity contribution in [3.63, 3.8) is 0 Å². The van der Waals surface area contributed by atoms with E-state index < -0.39 is 10.0 Å². The standard InChI is InChI=1S/C13H17N3O3S/c1-19-7-6-16(11-3-4-11)20(17,18)13-5-2-10(9-14)8-12(13)15/h2,5,8,11H,3-4,6-7,15H2,1H3. The van der Waals surface area contributed by atoms with E-state index in [1.54, 1.807) is 0 Å². The molecule has 1 aliphatic rings. The van der Waals surface area contributed by atoms with Gasteiger partial charge in [0.1, 0.15) is 4.90 Å². The van der Waals surface area contributed by atoms with Crippen LogP contribution in [0.15, 0.2) is 23.1 Å². The highest BCUT2D eigenvalue weighted by molar-refractivity contribution is 7.89. The summed E-state index contributed by atoms with van der Waals surface area (Å²) in [6, 6.07) is 6.21. The second-order valence-electron chi connectivity index (χ2n) is 4.70. The predicted octanol–water partition coefficient (Wildman–Crippen LogP) is 0.940. The van der Waals surface area contributed by atoms with Gasteiger partial charge in [0.25, 0.3) is 0 Å². The minimum Gasteiger partial charge on any atom is -0.398 e. The lowest BCUT2D eigenvalue weighted by molar-refractivity contribution is 0.177. The number of nitrogens with two attached hydrogens (primary N) is 1. The third-order valence-corrected chi connectivity index (χ3v) is 5.22. The van der Waals surface area contributed by atoms with E-state index in [2.05, 4.69) is 0 Å². The molecule has 7 heteroatoms. The molecule has 1 aromatic carbocycles. The molecule has 0 radical (unpaired) electrons. The number of nitrogens with zero attached hydrogens (tertiary/aromatic N) is 2. The highest BCUT2D eigenvalue weighted by Crippen LogP contribution is 2.33. The van der Waals surface area contributed by atoms with Crippen molar-refractivity contribution in [3.8, 4) is 6.07 Å². The molecule has 0 saturated heterocycles. The van der Waals surface area contributed by atoms with Crippen LogP contribution in [-0.4, -0.2) is 39.0 Å². The molecule has 1 fully saturated rings. The van der Waals surface area contributed by atoms with Crippen LogP contribution in [0.25, 0.3) is 0 Å². The normalized spacial score (nSPS) is 15.2. The van der Waals surface area contributed by atoms with Crippen molar-refractivity contribution in [1.82, 2.24) is 4.31 Å². The lowest BCUT2D eigenvalue weighted by Crippen LogP contribution is -2.36. The third kappa shape index (κ3) is 2.93. The van der Waals surface area contributed by atoms with E-state index in [1.807, 2.05) is 6.07 Å². The number of sulfonamides is 1. The largest absolute Gasteiger partial charge is 0.398 e. The second-order valence-corrected chi connectivity index (χ2v) is 6.56. The lowest BCUT2D eigenvalue weighted by Gasteiger charge is -2.22. The Bertz CT molecular complexity index is 633. The zero-order chi connectivity index (χ0) is 14.8. The number of anilines is 1. The van der Waals surface area contributed by atoms with Crippen molar-refractivity contribution in [2.24, 2.45) is 0 Å². The Hall–Kier alpha value is -1.62. The molecule has 108 valence electrons. The Morgan fingerprint density at radius 2 is 2.20 bits per heavy atom. The van der Waals surface area contributed by atoms with Crippen molar-refractivity contribution in [3.05, 3.63) is 23.8 Å². The van der Waals surface area contributed by atoms with Crippen molar-refractivity contribution in [1.29, 1.82) is 5.26 Å². The number of nitriles is 1. The first kappa shape index (κ1) is 14.8. The molecule has 20 heavy (non-hydrogen) atoms. The fourth-order valence-corrected chi connectivity index (χ4v) is 3.79. The number of hydrogen-bond donors (Lipinski definition) is 1. The Morgan fingerprint density at radius 1 is 1.50 bits per heavy atom. The SMILES string of the molecule is COCCN(C1CC1)S(=O)(=O)c1ccc(C#N)cc1N. The van der Waals surface area contributed by atoms with Gasteiger partial charge in [0.15, 0.2) is 0 Å². The van der Waals surface area contributed by atoms with Gasteiger partial charge in [-0.25, -0.2) is 8.42 Å². The van der Waals surface area contributed by atoms with Crippen LogP contribution < -0.4 is 5.73 Å². The van der Waals surface area contributed by atoms with Crippen LogP contribution in [0.2, 0.25) is 0 Å². The summed E-state index contributed by atoms with van der Waals surface area (Å²) in [4.78, 5) is 0.0551. The fraction of sp³-hybridized carbons (Fsp3) is 0.462. The molecule has 0 unspecified atom stereocenters. The Morgan fingerprint density at radius 3 is 2.70 bits per heavy atom. The van der Waals surface area contributed by atoms with Gasteiger partial charge in [0.2, 0.25) is 10.0 Å². The van der Waals surface area contributed by atoms with Crippen LogP contribution >= 0.6 is 0 Å². The molecule has 6 nitrogen and oxygen atoms in total. The number of methoxy groups -OCH3 is 1. The molecule has 0 heterocycles. The van der Waals surface area contributed by atoms with Crippen molar-refractivity contribution in [2.45, 2.75) is 23.8 Å². The molecule has 0 spiro atoms. The van der Waals surface area contributed by atoms with Crippen LogP contribution in [0.3, 0.4) is 0 Å². The number of ether oxygens (including phenoxy) is 1. The average Bonchev–Trinajstić information content (AvgIpc) is 3.23. The average molecular weight is 295 g/mol. The summed E-state index contributed by atoms with van der Waals surface area (Å²) in [7, 11) is -2.11. The summed E-state index contributed by atoms with van der Waals surface area (Å²) in [6.07, 6.45) is 1.72. The van der Waals surface area contributed by atoms with Crippen LogP contribution in [0.1, 0.15) is 18.4 Å². The quantitative estimate of drug-likeness (QED) is 0.788. The molecular weight excluding hydrogens is 278 g/mol. The molecule has 0 aliphatic heterocycles. The van der Waals surface area contributed by atoms with Crippen molar-refractivity contribution in [2.75, 3.05) is 26.0 Å². The zero-order valence-electron chi connectivity index (χ0n) is 11.2. The number of hydrogen-bond acceptors (Lipinski definition) is 5. The first-order chi connectivity index (χ1) is 9.50. The molecule has 0 atom stereocenters. The topological polar surface area (TPSA) is 96.4 Å². The van der Waals surface area contributed by atoms with Gasteiger partial charge in [-0.05, 0) is 31.0 Å². The maximum absolute atomic E-state index is 12.6. The molecule has 0 aromatic heterocycles. The van der Waals surface area contributed by atoms with Gasteiger partial charge in [0.05, 0.1) is 23.9 Å². The van der Waals surface area contributed by atoms with Crippen molar-refractivity contribution >= 4 is 15.7 Å². The van der Waals surface area contributed by atoms with Gasteiger partial charge >= 0.3 is 0 Å². The summed E-state index contributed by atoms with van der Waals surface area (Å²) in [5.74, 6) is 0. The first-order valence-corrected chi connectivity index (χ1v) is 7.75. The van der Waals surface area contributed by atoms with Crippen LogP contribution in [0.4, 0.5) is 5.69 Å². The third-order valence-electron chi connectivity index (χ3n) is 3.20. The van der Waals surface area contributed by atoms with Crippen LogP contribution in [0.5, 0.6) is 0 Å². The first-order valence-electron chi connectivity index (χ1n) is 6.31. The van der Waals surface area contributed by atoms with E-state index in [1.165, 1.54) is 29.6 Å². The number of rotatable bonds is 6. The zero-order valence-corrected chi connectivity index (χ0v) is 12.1. The highest BCUT2D eigenvalue weighted by atomic mass is 32.2. The summed E-state index contributed by atoms with van der Waals surface area (Å²) in [5.41, 5.74) is 6.23. The van der Waals surface area contributed by atoms with Gasteiger partial charge in [-0.15, -0.1) is 0 Å². The number of nitrogen functional groups attached to an aromatic ring is 1. The van der Waals surface area contributed by atoms with Gasteiger partial charge in [0, 0.05) is 19.7 Å². The van der Waals surface area contributed by atoms with Gasteiger partial charge in [-0.2, -0.15) is 9.57 Å². The molecule has 2 rings (SSSR count). The molecule has 0 bridgehead atoms. The smallest absolute Gasteiger partial charge is 0.245 e. The van der Waals surface area contributed by atoms with E-state index in [-0.39, 0.29) is 16.6 Å². The minimum atomic E-state index is -3.65. The summed E-state index contributed by atoms with van der Waals surface area (Å²) in [5, 5.41) is 8.80. The van der Waals surface area contributed by atoms with E-state index >= 15 is 0 Å². The minimum absolute atomic E-state index is 0.0326. The van der Waals surface area contributed by atoms with E-state index in [0.29, 0.717) is 18.7 Å². The summed E-state index contributed by atoms with van der Waals surface area (Å²) in [6.45, 7) is 0.648. The van der Waals surface area contributed by atoms with E-state index in [0.717, 1.165) is 12.8 Å². The second kappa shape index (κ2) is 5.79. The fourth-order valence-electron chi connectivity index (χ4n) is 2.02. The molecule has 1 aromatic rings. The summed E-state index contributed by atoms with van der Waals surface area (Å²) < 4.78 is 31.7. The maximum atomic E-state index is 12.6. The van der Waals surface area contributed by atoms with Crippen LogP contribution in [0, 0.1) is 11.3 Å². The molecule has 1 aliphatic carbocycles. The van der Waals surface area contributed by atoms with E-state index in [9.17, 15) is 8.42 Å². The van der Waals surface area contributed by atoms with Gasteiger partial charge in [-0.3, -0.25) is 0 Å². The maximum Gasteiger partial charge on any atom is 0.245 e. The molecule has 0 amide bonds.